The van der Waals surface area contributed by atoms with Crippen molar-refractivity contribution in [3.05, 3.63) is 59.4 Å². The van der Waals surface area contributed by atoms with E-state index in [-0.39, 0.29) is 49.1 Å². The lowest BCUT2D eigenvalue weighted by atomic mass is 10.0. The first-order chi connectivity index (χ1) is 17.7. The molecule has 37 heavy (non-hydrogen) atoms. The van der Waals surface area contributed by atoms with Gasteiger partial charge in [-0.1, -0.05) is 26.0 Å². The molecule has 0 saturated carbocycles. The molecule has 3 amide bonds. The number of benzene rings is 2. The summed E-state index contributed by atoms with van der Waals surface area (Å²) in [5.74, 6) is -1.29. The first-order valence-electron chi connectivity index (χ1n) is 12.6. The average Bonchev–Trinajstić information content (AvgIpc) is 2.87. The van der Waals surface area contributed by atoms with Crippen LogP contribution in [0.4, 0.5) is 10.1 Å². The Morgan fingerprint density at radius 3 is 2.57 bits per heavy atom. The Morgan fingerprint density at radius 1 is 1.16 bits per heavy atom. The molecule has 0 bridgehead atoms. The Morgan fingerprint density at radius 2 is 1.89 bits per heavy atom. The molecule has 0 spiro atoms. The lowest BCUT2D eigenvalue weighted by molar-refractivity contribution is -0.116. The number of nitrogens with zero attached hydrogens (tertiary/aromatic N) is 2. The monoisotopic (exact) mass is 513 g/mol. The Balaban J connectivity index is 1.99. The van der Waals surface area contributed by atoms with Crippen LogP contribution in [0.3, 0.4) is 0 Å². The molecular weight excluding hydrogens is 477 g/mol. The first kappa shape index (κ1) is 28.1. The summed E-state index contributed by atoms with van der Waals surface area (Å²) in [6.45, 7) is 6.28. The summed E-state index contributed by atoms with van der Waals surface area (Å²) in [6.07, 6.45) is 0.716. The summed E-state index contributed by atoms with van der Waals surface area (Å²) in [5, 5.41) is 2.82. The second-order valence-electron chi connectivity index (χ2n) is 9.54. The third-order valence-electron chi connectivity index (χ3n) is 6.57. The standard InChI is InChI=1S/C28H36FN3O5/c1-6-9-26(33)30-20-12-13-22-24(14-20)37-17-19(3)32(28(35)21-10-7-8-11-23(21)29)15-18(2)25(36-5)16-31(4)27(22)34/h7-8,10-14,18-19,25H,6,9,15-17H2,1-5H3,(H,30,33)/t18-,19+,25-/m1/s1. The molecule has 1 aliphatic rings. The van der Waals surface area contributed by atoms with E-state index < -0.39 is 17.8 Å². The number of hydrogen-bond donors (Lipinski definition) is 1. The number of halogens is 1. The molecule has 1 heterocycles. The fraction of sp³-hybridized carbons (Fsp3) is 0.464. The predicted molar refractivity (Wildman–Crippen MR) is 139 cm³/mol. The van der Waals surface area contributed by atoms with E-state index in [0.717, 1.165) is 0 Å². The van der Waals surface area contributed by atoms with Crippen molar-refractivity contribution in [3.63, 3.8) is 0 Å². The zero-order valence-electron chi connectivity index (χ0n) is 22.1. The summed E-state index contributed by atoms with van der Waals surface area (Å²) in [5.41, 5.74) is 0.824. The minimum Gasteiger partial charge on any atom is -0.491 e. The number of anilines is 1. The summed E-state index contributed by atoms with van der Waals surface area (Å²) >= 11 is 0. The van der Waals surface area contributed by atoms with E-state index in [0.29, 0.717) is 29.8 Å². The van der Waals surface area contributed by atoms with Crippen LogP contribution < -0.4 is 10.1 Å². The fourth-order valence-corrected chi connectivity index (χ4v) is 4.37. The SMILES string of the molecule is CCCC(=O)Nc1ccc2c(c1)OC[C@H](C)N(C(=O)c1ccccc1F)C[C@@H](C)[C@H](OC)CN(C)C2=O. The van der Waals surface area contributed by atoms with Crippen molar-refractivity contribution >= 4 is 23.4 Å². The van der Waals surface area contributed by atoms with Crippen molar-refractivity contribution in [3.8, 4) is 5.75 Å². The van der Waals surface area contributed by atoms with Gasteiger partial charge in [-0.2, -0.15) is 0 Å². The van der Waals surface area contributed by atoms with Gasteiger partial charge in [0, 0.05) is 51.3 Å². The van der Waals surface area contributed by atoms with E-state index in [9.17, 15) is 18.8 Å². The van der Waals surface area contributed by atoms with Gasteiger partial charge in [0.05, 0.1) is 23.3 Å². The Labute approximate surface area is 217 Å². The van der Waals surface area contributed by atoms with Crippen LogP contribution in [0.25, 0.3) is 0 Å². The zero-order chi connectivity index (χ0) is 27.1. The molecule has 200 valence electrons. The van der Waals surface area contributed by atoms with E-state index in [2.05, 4.69) is 5.32 Å². The number of methoxy groups -OCH3 is 1. The lowest BCUT2D eigenvalue weighted by Gasteiger charge is -2.36. The largest absolute Gasteiger partial charge is 0.491 e. The molecular formula is C28H36FN3O5. The summed E-state index contributed by atoms with van der Waals surface area (Å²) in [6, 6.07) is 10.3. The van der Waals surface area contributed by atoms with Crippen LogP contribution in [0.15, 0.2) is 42.5 Å². The quantitative estimate of drug-likeness (QED) is 0.647. The van der Waals surface area contributed by atoms with E-state index in [1.807, 2.05) is 20.8 Å². The third kappa shape index (κ3) is 6.85. The second-order valence-corrected chi connectivity index (χ2v) is 9.54. The van der Waals surface area contributed by atoms with Crippen LogP contribution in [-0.4, -0.2) is 73.5 Å². The molecule has 3 atom stereocenters. The Kier molecular flexibility index (Phi) is 9.63. The van der Waals surface area contributed by atoms with Gasteiger partial charge in [-0.25, -0.2) is 4.39 Å². The Bertz CT molecular complexity index is 1120. The number of carbonyl (C=O) groups is 3. The normalized spacial score (nSPS) is 20.8. The van der Waals surface area contributed by atoms with Gasteiger partial charge in [-0.05, 0) is 37.6 Å². The average molecular weight is 514 g/mol. The molecule has 1 N–H and O–H groups in total. The van der Waals surface area contributed by atoms with E-state index >= 15 is 0 Å². The zero-order valence-corrected chi connectivity index (χ0v) is 22.1. The molecule has 0 aliphatic carbocycles. The van der Waals surface area contributed by atoms with Crippen LogP contribution in [0, 0.1) is 11.7 Å². The predicted octanol–water partition coefficient (Wildman–Crippen LogP) is 4.21. The maximum Gasteiger partial charge on any atom is 0.257 e. The van der Waals surface area contributed by atoms with Crippen LogP contribution in [0.2, 0.25) is 0 Å². The van der Waals surface area contributed by atoms with Gasteiger partial charge >= 0.3 is 0 Å². The summed E-state index contributed by atoms with van der Waals surface area (Å²) < 4.78 is 26.3. The fourth-order valence-electron chi connectivity index (χ4n) is 4.37. The highest BCUT2D eigenvalue weighted by molar-refractivity contribution is 5.98. The number of nitrogens with one attached hydrogen (secondary N) is 1. The molecule has 0 aromatic heterocycles. The van der Waals surface area contributed by atoms with Crippen molar-refractivity contribution in [2.24, 2.45) is 5.92 Å². The molecule has 0 saturated heterocycles. The van der Waals surface area contributed by atoms with Gasteiger partial charge in [0.25, 0.3) is 11.8 Å². The maximum atomic E-state index is 14.5. The molecule has 2 aromatic rings. The highest BCUT2D eigenvalue weighted by Gasteiger charge is 2.31. The van der Waals surface area contributed by atoms with Gasteiger partial charge in [0.1, 0.15) is 18.2 Å². The molecule has 1 aliphatic heterocycles. The number of hydrogen-bond acceptors (Lipinski definition) is 5. The molecule has 0 fully saturated rings. The van der Waals surface area contributed by atoms with Crippen molar-refractivity contribution in [1.82, 2.24) is 9.80 Å². The maximum absolute atomic E-state index is 14.5. The van der Waals surface area contributed by atoms with Crippen molar-refractivity contribution in [1.29, 1.82) is 0 Å². The molecule has 9 heteroatoms. The lowest BCUT2D eigenvalue weighted by Crippen LogP contribution is -2.48. The van der Waals surface area contributed by atoms with Crippen LogP contribution in [0.5, 0.6) is 5.75 Å². The molecule has 2 aromatic carbocycles. The van der Waals surface area contributed by atoms with Gasteiger partial charge in [0.15, 0.2) is 0 Å². The first-order valence-corrected chi connectivity index (χ1v) is 12.6. The molecule has 0 unspecified atom stereocenters. The molecule has 8 nitrogen and oxygen atoms in total. The highest BCUT2D eigenvalue weighted by Crippen LogP contribution is 2.27. The molecule has 0 radical (unpaired) electrons. The molecule has 3 rings (SSSR count). The Hall–Kier alpha value is -3.46. The number of rotatable bonds is 5. The van der Waals surface area contributed by atoms with Gasteiger partial charge in [-0.15, -0.1) is 0 Å². The number of ether oxygens (including phenoxy) is 2. The summed E-state index contributed by atoms with van der Waals surface area (Å²) in [7, 11) is 3.25. The summed E-state index contributed by atoms with van der Waals surface area (Å²) in [4.78, 5) is 42.1. The van der Waals surface area contributed by atoms with E-state index in [1.54, 1.807) is 54.3 Å². The van der Waals surface area contributed by atoms with Crippen molar-refractivity contribution in [2.45, 2.75) is 45.8 Å². The van der Waals surface area contributed by atoms with Crippen molar-refractivity contribution in [2.75, 3.05) is 39.2 Å². The highest BCUT2D eigenvalue weighted by atomic mass is 19.1. The second kappa shape index (κ2) is 12.7. The van der Waals surface area contributed by atoms with Gasteiger partial charge in [-0.3, -0.25) is 14.4 Å². The minimum atomic E-state index is -0.592. The number of amides is 3. The smallest absolute Gasteiger partial charge is 0.257 e. The van der Waals surface area contributed by atoms with Crippen LogP contribution in [0.1, 0.15) is 54.3 Å². The number of carbonyl (C=O) groups excluding carboxylic acids is 3. The minimum absolute atomic E-state index is 0.0174. The van der Waals surface area contributed by atoms with E-state index in [4.69, 9.17) is 9.47 Å². The number of likely N-dealkylation sites (N-methyl/N-ethyl adjacent to an activating group) is 1. The third-order valence-corrected chi connectivity index (χ3v) is 6.57. The van der Waals surface area contributed by atoms with Gasteiger partial charge < -0.3 is 24.6 Å². The van der Waals surface area contributed by atoms with Crippen molar-refractivity contribution < 1.29 is 28.2 Å². The van der Waals surface area contributed by atoms with E-state index in [1.165, 1.54) is 12.1 Å². The van der Waals surface area contributed by atoms with Crippen LogP contribution >= 0.6 is 0 Å². The van der Waals surface area contributed by atoms with Gasteiger partial charge in [0.2, 0.25) is 5.91 Å². The topological polar surface area (TPSA) is 88.2 Å². The van der Waals surface area contributed by atoms with Crippen LogP contribution in [-0.2, 0) is 9.53 Å². The number of fused-ring (bicyclic) bond motifs is 1.